The Balaban J connectivity index is 0. The third kappa shape index (κ3) is 15.6. The molecule has 0 radical (unpaired) electrons. The molecule has 0 aliphatic carbocycles. The summed E-state index contributed by atoms with van der Waals surface area (Å²) in [6.45, 7) is 5.18. The summed E-state index contributed by atoms with van der Waals surface area (Å²) in [6, 6.07) is 0. The van der Waals surface area contributed by atoms with Gasteiger partial charge in [0.2, 0.25) is 0 Å². The number of hydrogen-bond acceptors (Lipinski definition) is 2. The molecule has 21 heavy (non-hydrogen) atoms. The van der Waals surface area contributed by atoms with Crippen LogP contribution in [0.1, 0.15) is 104 Å². The van der Waals surface area contributed by atoms with Crippen molar-refractivity contribution in [3.8, 4) is 0 Å². The first-order valence-corrected chi connectivity index (χ1v) is 9.17. The third-order valence-corrected chi connectivity index (χ3v) is 4.46. The molecule has 0 saturated carbocycles. The molecule has 0 aliphatic rings. The van der Waals surface area contributed by atoms with Crippen LogP contribution < -0.4 is 11.5 Å². The van der Waals surface area contributed by atoms with Crippen LogP contribution in [0.15, 0.2) is 0 Å². The monoisotopic (exact) mass is 308 g/mol. The van der Waals surface area contributed by atoms with Crippen molar-refractivity contribution in [2.24, 2.45) is 11.5 Å². The van der Waals surface area contributed by atoms with E-state index in [9.17, 15) is 0 Å². The summed E-state index contributed by atoms with van der Waals surface area (Å²) < 4.78 is 0. The minimum atomic E-state index is -0.0878. The predicted octanol–water partition coefficient (Wildman–Crippen LogP) is 4.50. The molecule has 124 valence electrons. The summed E-state index contributed by atoms with van der Waals surface area (Å²) >= 11 is 0. The molecule has 0 aromatic heterocycles. The van der Waals surface area contributed by atoms with Crippen LogP contribution in [0, 0.1) is 0 Å². The molecular weight excluding hydrogens is 267 g/mol. The van der Waals surface area contributed by atoms with Gasteiger partial charge in [-0.1, -0.05) is 90.9 Å². The quantitative estimate of drug-likeness (QED) is 0.346. The fraction of sp³-hybridized carbons (Fsp3) is 1.00. The molecule has 0 aromatic rings. The maximum absolute atomic E-state index is 6.45. The minimum absolute atomic E-state index is 0. The molecule has 4 N–H and O–H groups in total. The zero-order valence-electron chi connectivity index (χ0n) is 14.3. The van der Waals surface area contributed by atoms with E-state index in [0.29, 0.717) is 6.54 Å². The Labute approximate surface area is 156 Å². The average molecular weight is 309 g/mol. The summed E-state index contributed by atoms with van der Waals surface area (Å²) in [7, 11) is 0. The van der Waals surface area contributed by atoms with Crippen molar-refractivity contribution in [1.82, 2.24) is 0 Å². The molecule has 0 bridgehead atoms. The van der Waals surface area contributed by atoms with Crippen LogP contribution in [0.4, 0.5) is 0 Å². The number of hydrogen-bond donors (Lipinski definition) is 2. The van der Waals surface area contributed by atoms with Gasteiger partial charge in [-0.05, 0) is 12.8 Å². The first-order valence-electron chi connectivity index (χ1n) is 9.17. The van der Waals surface area contributed by atoms with E-state index in [1.165, 1.54) is 77.0 Å². The second-order valence-corrected chi connectivity index (χ2v) is 6.60. The number of nitrogens with two attached hydrogens (primary N) is 2. The summed E-state index contributed by atoms with van der Waals surface area (Å²) in [5.74, 6) is 0. The van der Waals surface area contributed by atoms with Gasteiger partial charge in [0.1, 0.15) is 0 Å². The van der Waals surface area contributed by atoms with Crippen molar-refractivity contribution >= 4 is 29.6 Å². The van der Waals surface area contributed by atoms with Gasteiger partial charge in [-0.3, -0.25) is 0 Å². The molecule has 0 aliphatic heterocycles. The second-order valence-electron chi connectivity index (χ2n) is 6.60. The summed E-state index contributed by atoms with van der Waals surface area (Å²) in [4.78, 5) is 0. The number of rotatable bonds is 15. The van der Waals surface area contributed by atoms with E-state index in [-0.39, 0.29) is 35.1 Å². The molecule has 2 nitrogen and oxygen atoms in total. The van der Waals surface area contributed by atoms with Gasteiger partial charge in [0.15, 0.2) is 0 Å². The van der Waals surface area contributed by atoms with Crippen molar-refractivity contribution < 1.29 is 0 Å². The van der Waals surface area contributed by atoms with Crippen molar-refractivity contribution in [2.75, 3.05) is 6.54 Å². The molecule has 0 spiro atoms. The maximum atomic E-state index is 6.45. The molecule has 3 heteroatoms. The van der Waals surface area contributed by atoms with E-state index in [1.807, 2.05) is 0 Å². The van der Waals surface area contributed by atoms with E-state index in [4.69, 9.17) is 11.5 Å². The zero-order valence-corrected chi connectivity index (χ0v) is 14.3. The molecule has 0 amide bonds. The van der Waals surface area contributed by atoms with E-state index < -0.39 is 0 Å². The van der Waals surface area contributed by atoms with Gasteiger partial charge in [0, 0.05) is 12.1 Å². The van der Waals surface area contributed by atoms with Gasteiger partial charge < -0.3 is 11.5 Å². The molecular formula is C18H41N2Na. The Bertz CT molecular complexity index is 182. The summed E-state index contributed by atoms with van der Waals surface area (Å²) in [5.41, 5.74) is 12.3. The molecule has 0 atom stereocenters. The van der Waals surface area contributed by atoms with Crippen molar-refractivity contribution in [3.05, 3.63) is 0 Å². The van der Waals surface area contributed by atoms with Gasteiger partial charge in [-0.2, -0.15) is 0 Å². The van der Waals surface area contributed by atoms with Crippen LogP contribution in [-0.4, -0.2) is 41.6 Å². The standard InChI is InChI=1S/C18H40N2.Na.H/c1-3-5-7-9-11-13-15-18(20,17-19)16-14-12-10-8-6-4-2;;/h3-17,19-20H2,1-2H3;;. The molecule has 0 heterocycles. The summed E-state index contributed by atoms with van der Waals surface area (Å²) in [6.07, 6.45) is 18.3. The van der Waals surface area contributed by atoms with E-state index in [2.05, 4.69) is 13.8 Å². The summed E-state index contributed by atoms with van der Waals surface area (Å²) in [5, 5.41) is 0. The zero-order chi connectivity index (χ0) is 15.1. The van der Waals surface area contributed by atoms with Gasteiger partial charge in [-0.15, -0.1) is 0 Å². The van der Waals surface area contributed by atoms with Crippen LogP contribution in [0.3, 0.4) is 0 Å². The van der Waals surface area contributed by atoms with E-state index in [1.54, 1.807) is 0 Å². The fourth-order valence-electron chi connectivity index (χ4n) is 2.84. The second kappa shape index (κ2) is 17.3. The Kier molecular flexibility index (Phi) is 19.9. The van der Waals surface area contributed by atoms with Gasteiger partial charge in [0.05, 0.1) is 0 Å². The topological polar surface area (TPSA) is 52.0 Å². The molecule has 0 fully saturated rings. The van der Waals surface area contributed by atoms with Crippen LogP contribution in [0.25, 0.3) is 0 Å². The van der Waals surface area contributed by atoms with Gasteiger partial charge in [-0.25, -0.2) is 0 Å². The predicted molar refractivity (Wildman–Crippen MR) is 99.1 cm³/mol. The van der Waals surface area contributed by atoms with Crippen LogP contribution in [0.2, 0.25) is 0 Å². The first kappa shape index (κ1) is 24.2. The van der Waals surface area contributed by atoms with Crippen molar-refractivity contribution in [3.63, 3.8) is 0 Å². The Morgan fingerprint density at radius 1 is 0.619 bits per heavy atom. The fourth-order valence-corrected chi connectivity index (χ4v) is 2.84. The van der Waals surface area contributed by atoms with Crippen LogP contribution in [0.5, 0.6) is 0 Å². The Morgan fingerprint density at radius 3 is 1.29 bits per heavy atom. The van der Waals surface area contributed by atoms with Crippen LogP contribution in [-0.2, 0) is 0 Å². The van der Waals surface area contributed by atoms with Crippen LogP contribution >= 0.6 is 0 Å². The first-order chi connectivity index (χ1) is 9.68. The molecule has 0 saturated heterocycles. The van der Waals surface area contributed by atoms with Crippen molar-refractivity contribution in [2.45, 2.75) is 109 Å². The Morgan fingerprint density at radius 2 is 0.952 bits per heavy atom. The Hall–Kier alpha value is 0.920. The third-order valence-electron chi connectivity index (χ3n) is 4.46. The number of unbranched alkanes of at least 4 members (excludes halogenated alkanes) is 10. The SMILES string of the molecule is CCCCCCCCC(N)(CN)CCCCCCCC.[NaH]. The average Bonchev–Trinajstić information content (AvgIpc) is 2.46. The van der Waals surface area contributed by atoms with Gasteiger partial charge in [0.25, 0.3) is 0 Å². The molecule has 0 rings (SSSR count). The van der Waals surface area contributed by atoms with Crippen molar-refractivity contribution in [1.29, 1.82) is 0 Å². The molecule has 0 unspecified atom stereocenters. The van der Waals surface area contributed by atoms with E-state index >= 15 is 0 Å². The van der Waals surface area contributed by atoms with Gasteiger partial charge >= 0.3 is 29.6 Å². The normalized spacial score (nSPS) is 11.4. The van der Waals surface area contributed by atoms with E-state index in [0.717, 1.165) is 12.8 Å². The molecule has 0 aromatic carbocycles.